The van der Waals surface area contributed by atoms with Crippen LogP contribution in [0.3, 0.4) is 0 Å². The second-order valence-corrected chi connectivity index (χ2v) is 24.5. The van der Waals surface area contributed by atoms with Gasteiger partial charge in [-0.05, 0) is 125 Å². The second kappa shape index (κ2) is 10.5. The molecular weight excluding hydrogens is 837 g/mol. The summed E-state index contributed by atoms with van der Waals surface area (Å²) in [6, 6.07) is 5.68. The van der Waals surface area contributed by atoms with Crippen molar-refractivity contribution in [2.45, 2.75) is 156 Å². The van der Waals surface area contributed by atoms with Gasteiger partial charge in [-0.3, -0.25) is 19.2 Å². The van der Waals surface area contributed by atoms with Crippen LogP contribution in [0.4, 0.5) is 5.69 Å². The number of carbonyl (C=O) groups excluding carboxylic acids is 4. The second-order valence-electron chi connectivity index (χ2n) is 24.5. The van der Waals surface area contributed by atoms with Crippen molar-refractivity contribution in [3.05, 3.63) is 69.6 Å². The minimum Gasteiger partial charge on any atom is -0.758 e. The number of anilines is 1. The normalized spacial score (nSPS) is 41.6. The number of nitrogens with one attached hydrogen (secondary N) is 1. The molecule has 5 spiro atoms. The van der Waals surface area contributed by atoms with Gasteiger partial charge in [-0.2, -0.15) is 4.73 Å². The minimum absolute atomic E-state index is 0.163. The highest BCUT2D eigenvalue weighted by atomic mass is 16.5. The number of amides is 4. The number of rotatable bonds is 0. The molecule has 3 aromatic rings. The number of fused-ring (bicyclic) bond motifs is 10. The first kappa shape index (κ1) is 38.6. The van der Waals surface area contributed by atoms with Crippen molar-refractivity contribution in [2.24, 2.45) is 17.3 Å². The molecule has 1 aromatic heterocycles. The van der Waals surface area contributed by atoms with Crippen LogP contribution >= 0.6 is 0 Å². The average Bonchev–Trinajstić information content (AvgIpc) is 4.05. The molecule has 9 saturated heterocycles. The van der Waals surface area contributed by atoms with Crippen molar-refractivity contribution in [3.8, 4) is 11.5 Å². The number of piperazine rings is 2. The number of hydrogen-bond acceptors (Lipinski definition) is 9. The van der Waals surface area contributed by atoms with Crippen LogP contribution in [0.5, 0.6) is 11.5 Å². The fourth-order valence-corrected chi connectivity index (χ4v) is 18.4. The molecule has 0 radical (unpaired) electrons. The fourth-order valence-electron chi connectivity index (χ4n) is 18.4. The van der Waals surface area contributed by atoms with Gasteiger partial charge in [-0.15, -0.1) is 0 Å². The molecule has 2 N–H and O–H groups in total. The zero-order valence-corrected chi connectivity index (χ0v) is 38.7. The van der Waals surface area contributed by atoms with Gasteiger partial charge >= 0.3 is 0 Å². The van der Waals surface area contributed by atoms with Gasteiger partial charge in [0.25, 0.3) is 5.91 Å². The topological polar surface area (TPSA) is 160 Å². The van der Waals surface area contributed by atoms with Crippen LogP contribution in [-0.4, -0.2) is 107 Å². The summed E-state index contributed by atoms with van der Waals surface area (Å²) in [6.45, 7) is 17.1. The third-order valence-corrected chi connectivity index (χ3v) is 20.3. The molecule has 66 heavy (non-hydrogen) atoms. The Morgan fingerprint density at radius 2 is 1.36 bits per heavy atom. The van der Waals surface area contributed by atoms with E-state index in [-0.39, 0.29) is 23.6 Å². The highest BCUT2D eigenvalue weighted by Gasteiger charge is 2.94. The maximum atomic E-state index is 16.8. The number of carbonyl (C=O) groups is 4. The number of benzene rings is 2. The molecule has 12 aliphatic heterocycles. The molecule has 14 heteroatoms. The molecule has 17 rings (SSSR count). The Labute approximate surface area is 382 Å². The van der Waals surface area contributed by atoms with E-state index in [0.29, 0.717) is 108 Å². The molecule has 4 amide bonds. The molecule has 2 aliphatic carbocycles. The third kappa shape index (κ3) is 3.43. The highest BCUT2D eigenvalue weighted by molar-refractivity contribution is 6.12. The maximum absolute atomic E-state index is 16.8. The zero-order valence-electron chi connectivity index (χ0n) is 38.7. The van der Waals surface area contributed by atoms with E-state index in [1.165, 1.54) is 9.79 Å². The molecular formula is C52H55N6O8-. The Hall–Kier alpha value is -5.50. The first-order chi connectivity index (χ1) is 31.1. The SMILES string of the molecule is CC1(C)C=Cc2c(ccc3c2N([O-])C2C(C)(C)C4CC56CCCN5C(=O)C4(NC6=O)C4N5C(=O)C67CCCN6C(=O)C56C(C7)C(C)(C)c5c(c7ccc8c(c7n5O)C=CC(C)(C)O8)C6C324)O1. The summed E-state index contributed by atoms with van der Waals surface area (Å²) in [6.07, 6.45) is 10.9. The van der Waals surface area contributed by atoms with E-state index in [1.54, 1.807) is 0 Å². The molecule has 2 aromatic carbocycles. The smallest absolute Gasteiger partial charge is 0.251 e. The van der Waals surface area contributed by atoms with Crippen molar-refractivity contribution in [2.75, 3.05) is 18.2 Å². The Morgan fingerprint density at radius 3 is 2.08 bits per heavy atom. The minimum atomic E-state index is -1.71. The van der Waals surface area contributed by atoms with Crippen LogP contribution < -0.4 is 19.9 Å². The van der Waals surface area contributed by atoms with Crippen LogP contribution in [0.2, 0.25) is 0 Å². The summed E-state index contributed by atoms with van der Waals surface area (Å²) < 4.78 is 14.5. The molecule has 10 unspecified atom stereocenters. The number of hydrogen-bond donors (Lipinski definition) is 2. The number of piperidine rings is 4. The van der Waals surface area contributed by atoms with Gasteiger partial charge in [0.15, 0.2) is 0 Å². The lowest BCUT2D eigenvalue weighted by Crippen LogP contribution is -2.93. The predicted octanol–water partition coefficient (Wildman–Crippen LogP) is 5.88. The van der Waals surface area contributed by atoms with E-state index < -0.39 is 79.4 Å². The summed E-state index contributed by atoms with van der Waals surface area (Å²) in [5.41, 5.74) is -6.16. The number of hydroxylamine groups is 1. The molecule has 10 fully saturated rings. The molecule has 4 bridgehead atoms. The summed E-state index contributed by atoms with van der Waals surface area (Å²) in [5.74, 6) is -1.76. The van der Waals surface area contributed by atoms with Gasteiger partial charge in [0, 0.05) is 64.5 Å². The van der Waals surface area contributed by atoms with Gasteiger partial charge in [-0.25, -0.2) is 0 Å². The van der Waals surface area contributed by atoms with Crippen LogP contribution in [0, 0.1) is 22.5 Å². The van der Waals surface area contributed by atoms with Crippen molar-refractivity contribution < 1.29 is 33.9 Å². The van der Waals surface area contributed by atoms with Gasteiger partial charge in [0.1, 0.15) is 44.9 Å². The molecule has 14 aliphatic rings. The molecule has 10 atom stereocenters. The Bertz CT molecular complexity index is 3060. The van der Waals surface area contributed by atoms with E-state index in [2.05, 4.69) is 33.0 Å². The summed E-state index contributed by atoms with van der Waals surface area (Å²) in [7, 11) is 0. The number of aromatic nitrogens is 1. The third-order valence-electron chi connectivity index (χ3n) is 20.3. The maximum Gasteiger partial charge on any atom is 0.251 e. The van der Waals surface area contributed by atoms with Crippen LogP contribution in [0.1, 0.15) is 128 Å². The lowest BCUT2D eigenvalue weighted by atomic mass is 9.38. The average molecular weight is 892 g/mol. The number of nitrogens with zero attached hydrogens (tertiary/aromatic N) is 5. The molecule has 13 heterocycles. The Balaban J connectivity index is 1.16. The summed E-state index contributed by atoms with van der Waals surface area (Å²) >= 11 is 0. The van der Waals surface area contributed by atoms with E-state index in [4.69, 9.17) is 9.47 Å². The zero-order chi connectivity index (χ0) is 45.8. The first-order valence-electron chi connectivity index (χ1n) is 24.2. The largest absolute Gasteiger partial charge is 0.758 e. The van der Waals surface area contributed by atoms with Crippen LogP contribution in [0.15, 0.2) is 36.4 Å². The molecule has 1 saturated carbocycles. The molecule has 14 nitrogen and oxygen atoms in total. The monoisotopic (exact) mass is 891 g/mol. The Morgan fingerprint density at radius 1 is 0.742 bits per heavy atom. The van der Waals surface area contributed by atoms with E-state index in [1.807, 2.05) is 91.0 Å². The predicted molar refractivity (Wildman–Crippen MR) is 242 cm³/mol. The fraction of sp³-hybridized carbons (Fsp3) is 0.577. The van der Waals surface area contributed by atoms with Crippen molar-refractivity contribution in [3.63, 3.8) is 0 Å². The van der Waals surface area contributed by atoms with Crippen molar-refractivity contribution >= 4 is 52.4 Å². The van der Waals surface area contributed by atoms with Crippen LogP contribution in [-0.2, 0) is 30.0 Å². The highest BCUT2D eigenvalue weighted by Crippen LogP contribution is 2.82. The lowest BCUT2D eigenvalue weighted by molar-refractivity contribution is -0.217. The van der Waals surface area contributed by atoms with Gasteiger partial charge in [0.05, 0.1) is 22.7 Å². The van der Waals surface area contributed by atoms with Crippen molar-refractivity contribution in [1.82, 2.24) is 24.7 Å². The standard InChI is InChI=1S/C52H55N6O8/c1-44(2)19-15-25-29(65-44)13-11-27-33-36-50-28-12-14-30-26(16-20-45(3,4)66-30)35(28)58(64)38(50)47(7,8)31-23-48-17-9-21-54(48)42(61)51(31,53-40(48)59)39(50)56-41(60)49-18-10-22-55(49)43(62)52(36,56)32(24-49)46(5,6)37(33)57(63)34(25)27/h11-16,19-20,31-32,36,38-39,63H,9-10,17-18,21-24H2,1-8H3,(H,53,59)/q-1. The summed E-state index contributed by atoms with van der Waals surface area (Å²) in [5, 5.41) is 35.0. The van der Waals surface area contributed by atoms with E-state index in [0.717, 1.165) is 0 Å². The molecule has 342 valence electrons. The van der Waals surface area contributed by atoms with Crippen molar-refractivity contribution in [1.29, 1.82) is 0 Å². The van der Waals surface area contributed by atoms with Gasteiger partial charge in [0.2, 0.25) is 17.7 Å². The Kier molecular flexibility index (Phi) is 6.12. The quantitative estimate of drug-likeness (QED) is 0.263. The summed E-state index contributed by atoms with van der Waals surface area (Å²) in [4.78, 5) is 70.5. The lowest BCUT2D eigenvalue weighted by Gasteiger charge is -2.73. The number of ether oxygens (including phenoxy) is 2. The van der Waals surface area contributed by atoms with Crippen LogP contribution in [0.25, 0.3) is 23.1 Å². The van der Waals surface area contributed by atoms with Gasteiger partial charge in [-0.1, -0.05) is 33.8 Å². The van der Waals surface area contributed by atoms with Gasteiger partial charge < -0.3 is 45.0 Å². The van der Waals surface area contributed by atoms with E-state index >= 15 is 24.4 Å². The van der Waals surface area contributed by atoms with E-state index in [9.17, 15) is 5.21 Å². The first-order valence-corrected chi connectivity index (χ1v) is 24.2.